The number of carboxylic acid groups (broad SMARTS) is 2. The highest BCUT2D eigenvalue weighted by Crippen LogP contribution is 2.22. The molecule has 1 rings (SSSR count). The van der Waals surface area contributed by atoms with Crippen LogP contribution < -0.4 is 0 Å². The molecule has 0 bridgehead atoms. The highest BCUT2D eigenvalue weighted by Gasteiger charge is 2.05. The van der Waals surface area contributed by atoms with Crippen LogP contribution in [0.25, 0.3) is 0 Å². The average molecular weight is 204 g/mol. The number of hydrogen-bond donors (Lipinski definition) is 2. The van der Waals surface area contributed by atoms with Gasteiger partial charge in [-0.25, -0.2) is 9.59 Å². The van der Waals surface area contributed by atoms with E-state index in [0.29, 0.717) is 0 Å². The third-order valence-corrected chi connectivity index (χ3v) is 2.07. The van der Waals surface area contributed by atoms with Gasteiger partial charge in [0.2, 0.25) is 0 Å². The molecule has 0 saturated heterocycles. The maximum absolute atomic E-state index is 9.21. The van der Waals surface area contributed by atoms with Crippen LogP contribution in [0.1, 0.15) is 39.0 Å². The lowest BCUT2D eigenvalue weighted by atomic mass is 9.91. The summed E-state index contributed by atoms with van der Waals surface area (Å²) in [5.74, 6) is 1.04. The van der Waals surface area contributed by atoms with Crippen LogP contribution in [-0.4, -0.2) is 22.5 Å². The molecule has 0 aromatic carbocycles. The predicted octanol–water partition coefficient (Wildman–Crippen LogP) is 2.95. The summed E-state index contributed by atoms with van der Waals surface area (Å²) in [5, 5.41) is 15.0. The highest BCUT2D eigenvalue weighted by molar-refractivity contribution is 5.74. The van der Waals surface area contributed by atoms with Crippen LogP contribution in [-0.2, 0) is 4.74 Å². The summed E-state index contributed by atoms with van der Waals surface area (Å²) >= 11 is 0. The first-order valence-corrected chi connectivity index (χ1v) is 4.66. The third-order valence-electron chi connectivity index (χ3n) is 2.07. The van der Waals surface area contributed by atoms with Crippen LogP contribution in [0.15, 0.2) is 0 Å². The summed E-state index contributed by atoms with van der Waals surface area (Å²) in [4.78, 5) is 18.4. The topological polar surface area (TPSA) is 83.8 Å². The van der Waals surface area contributed by atoms with Gasteiger partial charge in [0.1, 0.15) is 0 Å². The Kier molecular flexibility index (Phi) is 6.53. The molecule has 0 radical (unpaired) electrons. The van der Waals surface area contributed by atoms with Gasteiger partial charge in [-0.2, -0.15) is 0 Å². The molecule has 0 aromatic heterocycles. The molecular formula is C9H16O5. The van der Waals surface area contributed by atoms with Gasteiger partial charge in [0.15, 0.2) is 0 Å². The van der Waals surface area contributed by atoms with E-state index in [1.165, 1.54) is 32.1 Å². The molecule has 1 aliphatic rings. The monoisotopic (exact) mass is 204 g/mol. The number of hydrogen-bond acceptors (Lipinski definition) is 3. The van der Waals surface area contributed by atoms with E-state index in [9.17, 15) is 9.59 Å². The second-order valence-electron chi connectivity index (χ2n) is 3.38. The molecule has 0 spiro atoms. The minimum atomic E-state index is -1.81. The summed E-state index contributed by atoms with van der Waals surface area (Å²) in [6.07, 6.45) is 3.81. The predicted molar refractivity (Wildman–Crippen MR) is 49.4 cm³/mol. The molecule has 5 heteroatoms. The lowest BCUT2D eigenvalue weighted by Crippen LogP contribution is -2.05. The lowest BCUT2D eigenvalue weighted by Gasteiger charge is -2.15. The number of ether oxygens (including phenoxy) is 1. The summed E-state index contributed by atoms with van der Waals surface area (Å²) in [6, 6.07) is 0. The van der Waals surface area contributed by atoms with Gasteiger partial charge in [-0.15, -0.1) is 0 Å². The fraction of sp³-hybridized carbons (Fsp3) is 0.778. The van der Waals surface area contributed by atoms with Gasteiger partial charge < -0.3 is 14.9 Å². The van der Waals surface area contributed by atoms with Crippen LogP contribution in [0.3, 0.4) is 0 Å². The summed E-state index contributed by atoms with van der Waals surface area (Å²) in [6.45, 7) is 2.36. The molecule has 14 heavy (non-hydrogen) atoms. The van der Waals surface area contributed by atoms with Crippen LogP contribution in [0.5, 0.6) is 0 Å². The SMILES string of the molecule is CC1CCCCC1.O=C(O)OC(=O)O. The summed E-state index contributed by atoms with van der Waals surface area (Å²) < 4.78 is 3.08. The fourth-order valence-corrected chi connectivity index (χ4v) is 1.38. The van der Waals surface area contributed by atoms with E-state index >= 15 is 0 Å². The van der Waals surface area contributed by atoms with Crippen molar-refractivity contribution in [2.24, 2.45) is 5.92 Å². The zero-order valence-corrected chi connectivity index (χ0v) is 8.23. The van der Waals surface area contributed by atoms with Crippen LogP contribution in [0.2, 0.25) is 0 Å². The first kappa shape index (κ1) is 12.7. The van der Waals surface area contributed by atoms with Crippen molar-refractivity contribution in [1.29, 1.82) is 0 Å². The maximum Gasteiger partial charge on any atom is 0.516 e. The van der Waals surface area contributed by atoms with Crippen LogP contribution in [0.4, 0.5) is 9.59 Å². The Labute approximate surface area is 82.7 Å². The second-order valence-corrected chi connectivity index (χ2v) is 3.38. The average Bonchev–Trinajstić information content (AvgIpc) is 2.03. The molecule has 0 atom stereocenters. The Hall–Kier alpha value is -1.26. The normalized spacial score (nSPS) is 16.4. The van der Waals surface area contributed by atoms with Crippen LogP contribution >= 0.6 is 0 Å². The fourth-order valence-electron chi connectivity index (χ4n) is 1.38. The van der Waals surface area contributed by atoms with Crippen molar-refractivity contribution in [1.82, 2.24) is 0 Å². The molecule has 0 heterocycles. The molecule has 5 nitrogen and oxygen atoms in total. The van der Waals surface area contributed by atoms with Crippen LogP contribution in [0, 0.1) is 5.92 Å². The highest BCUT2D eigenvalue weighted by atomic mass is 16.7. The van der Waals surface area contributed by atoms with E-state index in [-0.39, 0.29) is 0 Å². The van der Waals surface area contributed by atoms with Crippen molar-refractivity contribution in [2.75, 3.05) is 0 Å². The minimum Gasteiger partial charge on any atom is -0.449 e. The molecule has 1 aliphatic carbocycles. The zero-order chi connectivity index (χ0) is 11.0. The first-order chi connectivity index (χ1) is 6.52. The van der Waals surface area contributed by atoms with Gasteiger partial charge >= 0.3 is 12.3 Å². The molecule has 2 N–H and O–H groups in total. The van der Waals surface area contributed by atoms with Crippen molar-refractivity contribution in [3.05, 3.63) is 0 Å². The molecule has 0 amide bonds. The van der Waals surface area contributed by atoms with Gasteiger partial charge in [-0.3, -0.25) is 0 Å². The van der Waals surface area contributed by atoms with Gasteiger partial charge in [-0.05, 0) is 5.92 Å². The number of carbonyl (C=O) groups is 2. The molecule has 0 unspecified atom stereocenters. The summed E-state index contributed by atoms with van der Waals surface area (Å²) in [5.41, 5.74) is 0. The Balaban J connectivity index is 0.000000241. The van der Waals surface area contributed by atoms with E-state index in [0.717, 1.165) is 5.92 Å². The van der Waals surface area contributed by atoms with Gasteiger partial charge in [0, 0.05) is 0 Å². The van der Waals surface area contributed by atoms with E-state index in [1.807, 2.05) is 0 Å². The van der Waals surface area contributed by atoms with Crippen molar-refractivity contribution < 1.29 is 24.5 Å². The number of rotatable bonds is 0. The largest absolute Gasteiger partial charge is 0.516 e. The molecule has 1 fully saturated rings. The lowest BCUT2D eigenvalue weighted by molar-refractivity contribution is 0.0802. The van der Waals surface area contributed by atoms with E-state index in [4.69, 9.17) is 10.2 Å². The van der Waals surface area contributed by atoms with E-state index < -0.39 is 12.3 Å². The Morgan fingerprint density at radius 2 is 1.50 bits per heavy atom. The minimum absolute atomic E-state index is 1.04. The van der Waals surface area contributed by atoms with E-state index in [2.05, 4.69) is 11.7 Å². The maximum atomic E-state index is 9.21. The van der Waals surface area contributed by atoms with Gasteiger partial charge in [0.05, 0.1) is 0 Å². The summed E-state index contributed by atoms with van der Waals surface area (Å²) in [7, 11) is 0. The Morgan fingerprint density at radius 3 is 1.64 bits per heavy atom. The molecule has 0 aromatic rings. The van der Waals surface area contributed by atoms with Gasteiger partial charge in [0.25, 0.3) is 0 Å². The van der Waals surface area contributed by atoms with E-state index in [1.54, 1.807) is 0 Å². The Morgan fingerprint density at radius 1 is 1.07 bits per heavy atom. The first-order valence-electron chi connectivity index (χ1n) is 4.66. The quantitative estimate of drug-likeness (QED) is 0.468. The second kappa shape index (κ2) is 7.17. The molecule has 1 saturated carbocycles. The van der Waals surface area contributed by atoms with Crippen molar-refractivity contribution in [2.45, 2.75) is 39.0 Å². The molecule has 82 valence electrons. The smallest absolute Gasteiger partial charge is 0.449 e. The van der Waals surface area contributed by atoms with Gasteiger partial charge in [-0.1, -0.05) is 39.0 Å². The van der Waals surface area contributed by atoms with Crippen molar-refractivity contribution in [3.63, 3.8) is 0 Å². The standard InChI is InChI=1S/C7H14.C2H2O5/c1-7-5-3-2-4-6-7;3-1(4)7-2(5)6/h7H,2-6H2,1H3;(H,3,4)(H,5,6). The van der Waals surface area contributed by atoms with Crippen molar-refractivity contribution in [3.8, 4) is 0 Å². The zero-order valence-electron chi connectivity index (χ0n) is 8.23. The third kappa shape index (κ3) is 8.83. The molecular weight excluding hydrogens is 188 g/mol. The Bertz CT molecular complexity index is 172. The van der Waals surface area contributed by atoms with Crippen molar-refractivity contribution >= 4 is 12.3 Å². The molecule has 0 aliphatic heterocycles.